The van der Waals surface area contributed by atoms with Gasteiger partial charge < -0.3 is 5.32 Å². The molecule has 2 nitrogen and oxygen atoms in total. The van der Waals surface area contributed by atoms with Gasteiger partial charge in [-0.3, -0.25) is 4.99 Å². The first-order valence-corrected chi connectivity index (χ1v) is 6.33. The van der Waals surface area contributed by atoms with Crippen LogP contribution in [0.4, 0.5) is 11.4 Å². The van der Waals surface area contributed by atoms with Crippen molar-refractivity contribution in [3.63, 3.8) is 0 Å². The summed E-state index contributed by atoms with van der Waals surface area (Å²) in [7, 11) is 0. The first-order chi connectivity index (χ1) is 9.24. The lowest BCUT2D eigenvalue weighted by atomic mass is 10.2. The molecule has 19 heavy (non-hydrogen) atoms. The van der Waals surface area contributed by atoms with E-state index in [-0.39, 0.29) is 0 Å². The zero-order chi connectivity index (χ0) is 13.5. The SMILES string of the molecule is Cc1ccc(N=C/C=C\Nc2ccc(C)cc2)cc1. The fourth-order valence-corrected chi connectivity index (χ4v) is 1.60. The van der Waals surface area contributed by atoms with Crippen molar-refractivity contribution in [2.45, 2.75) is 13.8 Å². The molecule has 0 saturated carbocycles. The average Bonchev–Trinajstić information content (AvgIpc) is 2.43. The molecule has 0 amide bonds. The molecule has 0 heterocycles. The molecule has 96 valence electrons. The van der Waals surface area contributed by atoms with Gasteiger partial charge in [-0.05, 0) is 44.2 Å². The molecule has 0 saturated heterocycles. The Hall–Kier alpha value is -2.35. The molecular weight excluding hydrogens is 232 g/mol. The average molecular weight is 250 g/mol. The van der Waals surface area contributed by atoms with Gasteiger partial charge in [0, 0.05) is 18.1 Å². The van der Waals surface area contributed by atoms with Crippen molar-refractivity contribution in [3.05, 3.63) is 71.9 Å². The van der Waals surface area contributed by atoms with E-state index in [0.717, 1.165) is 11.4 Å². The van der Waals surface area contributed by atoms with Crippen LogP contribution in [-0.2, 0) is 0 Å². The van der Waals surface area contributed by atoms with E-state index in [2.05, 4.69) is 60.6 Å². The van der Waals surface area contributed by atoms with E-state index in [4.69, 9.17) is 0 Å². The van der Waals surface area contributed by atoms with Gasteiger partial charge in [0.15, 0.2) is 0 Å². The number of allylic oxidation sites excluding steroid dienone is 1. The van der Waals surface area contributed by atoms with Crippen LogP contribution in [0.2, 0.25) is 0 Å². The second-order valence-corrected chi connectivity index (χ2v) is 4.48. The van der Waals surface area contributed by atoms with Gasteiger partial charge in [0.2, 0.25) is 0 Å². The summed E-state index contributed by atoms with van der Waals surface area (Å²) in [5, 5.41) is 3.20. The molecule has 0 fully saturated rings. The van der Waals surface area contributed by atoms with Gasteiger partial charge in [0.25, 0.3) is 0 Å². The van der Waals surface area contributed by atoms with E-state index in [1.807, 2.05) is 24.4 Å². The summed E-state index contributed by atoms with van der Waals surface area (Å²) < 4.78 is 0. The summed E-state index contributed by atoms with van der Waals surface area (Å²) in [6.07, 6.45) is 5.55. The van der Waals surface area contributed by atoms with Crippen LogP contribution >= 0.6 is 0 Å². The van der Waals surface area contributed by atoms with Gasteiger partial charge in [-0.2, -0.15) is 0 Å². The van der Waals surface area contributed by atoms with Crippen molar-refractivity contribution < 1.29 is 0 Å². The molecule has 0 bridgehead atoms. The predicted octanol–water partition coefficient (Wildman–Crippen LogP) is 4.63. The number of benzene rings is 2. The van der Waals surface area contributed by atoms with Gasteiger partial charge in [-0.25, -0.2) is 0 Å². The van der Waals surface area contributed by atoms with Crippen LogP contribution < -0.4 is 5.32 Å². The maximum absolute atomic E-state index is 4.34. The maximum atomic E-state index is 4.34. The Bertz CT molecular complexity index is 563. The number of nitrogens with zero attached hydrogens (tertiary/aromatic N) is 1. The molecule has 1 N–H and O–H groups in total. The third kappa shape index (κ3) is 4.43. The summed E-state index contributed by atoms with van der Waals surface area (Å²) in [5.74, 6) is 0. The molecule has 2 rings (SSSR count). The number of aliphatic imine (C=N–C) groups is 1. The normalized spacial score (nSPS) is 11.3. The fourth-order valence-electron chi connectivity index (χ4n) is 1.60. The Balaban J connectivity index is 1.86. The van der Waals surface area contributed by atoms with Crippen LogP contribution in [0.5, 0.6) is 0 Å². The topological polar surface area (TPSA) is 24.4 Å². The second kappa shape index (κ2) is 6.55. The Kier molecular flexibility index (Phi) is 4.51. The predicted molar refractivity (Wildman–Crippen MR) is 83.3 cm³/mol. The molecule has 0 spiro atoms. The second-order valence-electron chi connectivity index (χ2n) is 4.48. The Morgan fingerprint density at radius 3 is 2.05 bits per heavy atom. The highest BCUT2D eigenvalue weighted by atomic mass is 14.8. The zero-order valence-corrected chi connectivity index (χ0v) is 11.3. The third-order valence-corrected chi connectivity index (χ3v) is 2.74. The van der Waals surface area contributed by atoms with Crippen molar-refractivity contribution in [2.24, 2.45) is 4.99 Å². The molecule has 0 aromatic heterocycles. The first-order valence-electron chi connectivity index (χ1n) is 6.33. The summed E-state index contributed by atoms with van der Waals surface area (Å²) >= 11 is 0. The van der Waals surface area contributed by atoms with E-state index < -0.39 is 0 Å². The Labute approximate surface area is 114 Å². The largest absolute Gasteiger partial charge is 0.362 e. The number of hydrogen-bond donors (Lipinski definition) is 1. The van der Waals surface area contributed by atoms with Crippen LogP contribution in [0.15, 0.2) is 65.8 Å². The summed E-state index contributed by atoms with van der Waals surface area (Å²) in [6.45, 7) is 4.15. The lowest BCUT2D eigenvalue weighted by Crippen LogP contribution is -1.86. The summed E-state index contributed by atoms with van der Waals surface area (Å²) in [6, 6.07) is 16.4. The Morgan fingerprint density at radius 2 is 1.42 bits per heavy atom. The van der Waals surface area contributed by atoms with Crippen molar-refractivity contribution in [3.8, 4) is 0 Å². The number of rotatable bonds is 4. The Morgan fingerprint density at radius 1 is 0.842 bits per heavy atom. The standard InChI is InChI=1S/C17H18N2/c1-14-4-8-16(9-5-14)18-12-3-13-19-17-10-6-15(2)7-11-17/h3-13,18H,1-2H3/b12-3-,19-13?. The highest BCUT2D eigenvalue weighted by Crippen LogP contribution is 2.11. The number of nitrogens with one attached hydrogen (secondary N) is 1. The molecule has 0 unspecified atom stereocenters. The third-order valence-electron chi connectivity index (χ3n) is 2.74. The maximum Gasteiger partial charge on any atom is 0.0629 e. The van der Waals surface area contributed by atoms with Crippen LogP contribution in [0.1, 0.15) is 11.1 Å². The smallest absolute Gasteiger partial charge is 0.0629 e. The van der Waals surface area contributed by atoms with Crippen molar-refractivity contribution in [2.75, 3.05) is 5.32 Å². The van der Waals surface area contributed by atoms with Gasteiger partial charge in [0.1, 0.15) is 0 Å². The number of anilines is 1. The van der Waals surface area contributed by atoms with E-state index in [9.17, 15) is 0 Å². The van der Waals surface area contributed by atoms with Crippen molar-refractivity contribution in [1.82, 2.24) is 0 Å². The molecule has 0 atom stereocenters. The van der Waals surface area contributed by atoms with E-state index in [1.54, 1.807) is 6.21 Å². The van der Waals surface area contributed by atoms with Crippen LogP contribution in [0.25, 0.3) is 0 Å². The minimum absolute atomic E-state index is 0.964. The summed E-state index contributed by atoms with van der Waals surface area (Å²) in [4.78, 5) is 4.34. The zero-order valence-electron chi connectivity index (χ0n) is 11.3. The minimum Gasteiger partial charge on any atom is -0.362 e. The van der Waals surface area contributed by atoms with Gasteiger partial charge >= 0.3 is 0 Å². The fraction of sp³-hybridized carbons (Fsp3) is 0.118. The highest BCUT2D eigenvalue weighted by molar-refractivity contribution is 5.75. The molecule has 0 aliphatic heterocycles. The monoisotopic (exact) mass is 250 g/mol. The molecule has 0 aliphatic rings. The van der Waals surface area contributed by atoms with Crippen LogP contribution in [0, 0.1) is 13.8 Å². The minimum atomic E-state index is 0.964. The molecule has 2 aromatic carbocycles. The lowest BCUT2D eigenvalue weighted by molar-refractivity contribution is 1.44. The highest BCUT2D eigenvalue weighted by Gasteiger charge is 1.87. The summed E-state index contributed by atoms with van der Waals surface area (Å²) in [5.41, 5.74) is 4.54. The van der Waals surface area contributed by atoms with Gasteiger partial charge in [-0.15, -0.1) is 0 Å². The molecule has 2 aromatic rings. The van der Waals surface area contributed by atoms with E-state index in [0.29, 0.717) is 0 Å². The van der Waals surface area contributed by atoms with E-state index >= 15 is 0 Å². The van der Waals surface area contributed by atoms with Crippen LogP contribution in [0.3, 0.4) is 0 Å². The molecule has 0 radical (unpaired) electrons. The molecule has 0 aliphatic carbocycles. The van der Waals surface area contributed by atoms with Crippen molar-refractivity contribution >= 4 is 17.6 Å². The quantitative estimate of drug-likeness (QED) is 0.786. The first kappa shape index (κ1) is 13.1. The lowest BCUT2D eigenvalue weighted by Gasteiger charge is -1.99. The van der Waals surface area contributed by atoms with Gasteiger partial charge in [0.05, 0.1) is 5.69 Å². The molecule has 2 heteroatoms. The van der Waals surface area contributed by atoms with Gasteiger partial charge in [-0.1, -0.05) is 35.4 Å². The molecular formula is C17H18N2. The van der Waals surface area contributed by atoms with E-state index in [1.165, 1.54) is 11.1 Å². The number of aryl methyl sites for hydroxylation is 2. The van der Waals surface area contributed by atoms with Crippen LogP contribution in [-0.4, -0.2) is 6.21 Å². The number of hydrogen-bond acceptors (Lipinski definition) is 2. The van der Waals surface area contributed by atoms with Crippen molar-refractivity contribution in [1.29, 1.82) is 0 Å².